The number of hydrogen-bond acceptors (Lipinski definition) is 4. The summed E-state index contributed by atoms with van der Waals surface area (Å²) >= 11 is 0. The highest BCUT2D eigenvalue weighted by atomic mass is 16.6. The number of nitrogens with zero attached hydrogens (tertiary/aromatic N) is 2. The SMILES string of the molecule is CO/N=C(\N)c1cccc(Cc2ccc(-c3ccc(/C(N)=N\OC)cc3)cc2)c1. The lowest BCUT2D eigenvalue weighted by atomic mass is 9.98. The van der Waals surface area contributed by atoms with E-state index in [0.29, 0.717) is 11.7 Å². The van der Waals surface area contributed by atoms with Crippen LogP contribution in [0, 0.1) is 0 Å². The average Bonchev–Trinajstić information content (AvgIpc) is 2.75. The van der Waals surface area contributed by atoms with E-state index in [-0.39, 0.29) is 0 Å². The summed E-state index contributed by atoms with van der Waals surface area (Å²) in [6, 6.07) is 24.4. The van der Waals surface area contributed by atoms with Crippen molar-refractivity contribution in [3.63, 3.8) is 0 Å². The van der Waals surface area contributed by atoms with E-state index in [4.69, 9.17) is 21.1 Å². The van der Waals surface area contributed by atoms with Crippen LogP contribution in [-0.2, 0) is 16.1 Å². The summed E-state index contributed by atoms with van der Waals surface area (Å²) in [4.78, 5) is 9.46. The maximum absolute atomic E-state index is 5.90. The molecule has 6 nitrogen and oxygen atoms in total. The smallest absolute Gasteiger partial charge is 0.170 e. The normalized spacial score (nSPS) is 11.9. The Morgan fingerprint density at radius 2 is 1.24 bits per heavy atom. The molecular formula is C23H24N4O2. The Bertz CT molecular complexity index is 1010. The van der Waals surface area contributed by atoms with E-state index in [1.54, 1.807) is 0 Å². The van der Waals surface area contributed by atoms with Crippen molar-refractivity contribution in [2.24, 2.45) is 21.8 Å². The molecule has 3 aromatic rings. The van der Waals surface area contributed by atoms with Gasteiger partial charge in [-0.1, -0.05) is 77.0 Å². The number of amidine groups is 2. The number of nitrogens with two attached hydrogens (primary N) is 2. The Kier molecular flexibility index (Phi) is 6.47. The van der Waals surface area contributed by atoms with Crippen LogP contribution in [0.4, 0.5) is 0 Å². The molecule has 4 N–H and O–H groups in total. The van der Waals surface area contributed by atoms with Gasteiger partial charge in [0, 0.05) is 11.1 Å². The van der Waals surface area contributed by atoms with E-state index in [1.165, 1.54) is 19.8 Å². The summed E-state index contributed by atoms with van der Waals surface area (Å²) in [5, 5.41) is 7.54. The predicted molar refractivity (Wildman–Crippen MR) is 117 cm³/mol. The van der Waals surface area contributed by atoms with Gasteiger partial charge < -0.3 is 21.1 Å². The van der Waals surface area contributed by atoms with Gasteiger partial charge in [-0.25, -0.2) is 0 Å². The first-order valence-corrected chi connectivity index (χ1v) is 9.13. The second kappa shape index (κ2) is 9.41. The molecule has 0 aliphatic rings. The van der Waals surface area contributed by atoms with Crippen LogP contribution in [0.2, 0.25) is 0 Å². The molecule has 0 bridgehead atoms. The van der Waals surface area contributed by atoms with Crippen LogP contribution >= 0.6 is 0 Å². The number of benzene rings is 3. The van der Waals surface area contributed by atoms with Crippen molar-refractivity contribution in [1.82, 2.24) is 0 Å². The lowest BCUT2D eigenvalue weighted by Gasteiger charge is -2.08. The first-order chi connectivity index (χ1) is 14.1. The van der Waals surface area contributed by atoms with Crippen LogP contribution in [0.3, 0.4) is 0 Å². The predicted octanol–water partition coefficient (Wildman–Crippen LogP) is 3.48. The standard InChI is InChI=1S/C23H24N4O2/c1-28-26-22(24)20-12-10-19(11-13-20)18-8-6-16(7-9-18)14-17-4-3-5-21(15-17)23(25)27-29-2/h3-13,15H,14H2,1-2H3,(H2,24,26)(H2,25,27). The maximum Gasteiger partial charge on any atom is 0.170 e. The zero-order chi connectivity index (χ0) is 20.6. The Balaban J connectivity index is 1.73. The van der Waals surface area contributed by atoms with Gasteiger partial charge >= 0.3 is 0 Å². The van der Waals surface area contributed by atoms with E-state index in [2.05, 4.69) is 40.6 Å². The van der Waals surface area contributed by atoms with Gasteiger partial charge in [0.05, 0.1) is 0 Å². The minimum Gasteiger partial charge on any atom is -0.397 e. The highest BCUT2D eigenvalue weighted by Crippen LogP contribution is 2.21. The summed E-state index contributed by atoms with van der Waals surface area (Å²) in [7, 11) is 2.95. The third kappa shape index (κ3) is 5.13. The van der Waals surface area contributed by atoms with E-state index < -0.39 is 0 Å². The van der Waals surface area contributed by atoms with Crippen LogP contribution in [0.25, 0.3) is 11.1 Å². The largest absolute Gasteiger partial charge is 0.397 e. The first-order valence-electron chi connectivity index (χ1n) is 9.13. The van der Waals surface area contributed by atoms with Crippen molar-refractivity contribution in [2.45, 2.75) is 6.42 Å². The highest BCUT2D eigenvalue weighted by Gasteiger charge is 2.04. The van der Waals surface area contributed by atoms with Gasteiger partial charge in [0.2, 0.25) is 0 Å². The third-order valence-corrected chi connectivity index (χ3v) is 4.48. The van der Waals surface area contributed by atoms with Crippen LogP contribution in [0.15, 0.2) is 83.1 Å². The summed E-state index contributed by atoms with van der Waals surface area (Å²) in [6.45, 7) is 0. The number of rotatable bonds is 7. The van der Waals surface area contributed by atoms with E-state index in [0.717, 1.165) is 34.2 Å². The van der Waals surface area contributed by atoms with Crippen LogP contribution < -0.4 is 11.5 Å². The molecule has 0 atom stereocenters. The van der Waals surface area contributed by atoms with Gasteiger partial charge in [-0.15, -0.1) is 0 Å². The molecule has 0 radical (unpaired) electrons. The van der Waals surface area contributed by atoms with Crippen molar-refractivity contribution in [1.29, 1.82) is 0 Å². The summed E-state index contributed by atoms with van der Waals surface area (Å²) in [6.07, 6.45) is 0.803. The number of hydrogen-bond donors (Lipinski definition) is 2. The van der Waals surface area contributed by atoms with Crippen molar-refractivity contribution in [2.75, 3.05) is 14.2 Å². The van der Waals surface area contributed by atoms with Gasteiger partial charge in [0.1, 0.15) is 14.2 Å². The highest BCUT2D eigenvalue weighted by molar-refractivity contribution is 5.97. The molecule has 148 valence electrons. The zero-order valence-corrected chi connectivity index (χ0v) is 16.5. The monoisotopic (exact) mass is 388 g/mol. The van der Waals surface area contributed by atoms with E-state index in [9.17, 15) is 0 Å². The Hall–Kier alpha value is -3.80. The molecule has 0 saturated carbocycles. The second-order valence-corrected chi connectivity index (χ2v) is 6.47. The van der Waals surface area contributed by atoms with Gasteiger partial charge in [0.25, 0.3) is 0 Å². The van der Waals surface area contributed by atoms with Crippen LogP contribution in [0.5, 0.6) is 0 Å². The maximum atomic E-state index is 5.90. The molecule has 0 aliphatic carbocycles. The van der Waals surface area contributed by atoms with Gasteiger partial charge in [0.15, 0.2) is 11.7 Å². The minimum absolute atomic E-state index is 0.354. The molecule has 0 amide bonds. The fraction of sp³-hybridized carbons (Fsp3) is 0.130. The van der Waals surface area contributed by atoms with Crippen molar-refractivity contribution >= 4 is 11.7 Å². The summed E-state index contributed by atoms with van der Waals surface area (Å²) < 4.78 is 0. The topological polar surface area (TPSA) is 95.2 Å². The zero-order valence-electron chi connectivity index (χ0n) is 16.5. The summed E-state index contributed by atoms with van der Waals surface area (Å²) in [5.41, 5.74) is 18.0. The third-order valence-electron chi connectivity index (χ3n) is 4.48. The minimum atomic E-state index is 0.354. The van der Waals surface area contributed by atoms with Crippen LogP contribution in [0.1, 0.15) is 22.3 Å². The van der Waals surface area contributed by atoms with E-state index in [1.807, 2.05) is 42.5 Å². The van der Waals surface area contributed by atoms with Gasteiger partial charge in [-0.05, 0) is 34.7 Å². The first kappa shape index (κ1) is 19.9. The molecule has 0 aromatic heterocycles. The molecule has 29 heavy (non-hydrogen) atoms. The molecule has 0 heterocycles. The molecular weight excluding hydrogens is 364 g/mol. The van der Waals surface area contributed by atoms with Crippen molar-refractivity contribution < 1.29 is 9.68 Å². The molecule has 0 saturated heterocycles. The van der Waals surface area contributed by atoms with Crippen LogP contribution in [-0.4, -0.2) is 25.9 Å². The molecule has 6 heteroatoms. The Morgan fingerprint density at radius 3 is 1.83 bits per heavy atom. The van der Waals surface area contributed by atoms with Gasteiger partial charge in [-0.2, -0.15) is 0 Å². The fourth-order valence-electron chi connectivity index (χ4n) is 3.03. The summed E-state index contributed by atoms with van der Waals surface area (Å²) in [5.74, 6) is 0.720. The molecule has 3 rings (SSSR count). The Morgan fingerprint density at radius 1 is 0.690 bits per heavy atom. The van der Waals surface area contributed by atoms with Crippen molar-refractivity contribution in [3.05, 3.63) is 95.1 Å². The van der Waals surface area contributed by atoms with Gasteiger partial charge in [-0.3, -0.25) is 0 Å². The lowest BCUT2D eigenvalue weighted by molar-refractivity contribution is 0.213. The van der Waals surface area contributed by atoms with Crippen molar-refractivity contribution in [3.8, 4) is 11.1 Å². The quantitative estimate of drug-likeness (QED) is 0.368. The molecule has 0 spiro atoms. The fourth-order valence-corrected chi connectivity index (χ4v) is 3.03. The molecule has 0 aliphatic heterocycles. The molecule has 3 aromatic carbocycles. The Labute approximate surface area is 170 Å². The average molecular weight is 388 g/mol. The molecule has 0 fully saturated rings. The molecule has 0 unspecified atom stereocenters. The van der Waals surface area contributed by atoms with E-state index >= 15 is 0 Å². The number of oxime groups is 2. The lowest BCUT2D eigenvalue weighted by Crippen LogP contribution is -2.13. The second-order valence-electron chi connectivity index (χ2n) is 6.47.